The molecular formula is C20H25N3O2. The summed E-state index contributed by atoms with van der Waals surface area (Å²) in [5.74, 6) is 0.114. The minimum Gasteiger partial charge on any atom is -0.351 e. The molecule has 25 heavy (non-hydrogen) atoms. The van der Waals surface area contributed by atoms with Gasteiger partial charge in [-0.1, -0.05) is 25.1 Å². The number of aromatic amines is 1. The number of piperidine rings is 1. The highest BCUT2D eigenvalue weighted by molar-refractivity contribution is 6.02. The Balaban J connectivity index is 1.66. The number of hydrogen-bond acceptors (Lipinski definition) is 2. The Morgan fingerprint density at radius 1 is 1.20 bits per heavy atom. The zero-order valence-electron chi connectivity index (χ0n) is 14.8. The first kappa shape index (κ1) is 16.2. The molecule has 1 unspecified atom stereocenters. The van der Waals surface area contributed by atoms with E-state index in [1.807, 2.05) is 40.1 Å². The number of H-pyrrole nitrogens is 1. The second-order valence-electron chi connectivity index (χ2n) is 7.26. The number of carbonyl (C=O) groups excluding carboxylic acids is 2. The van der Waals surface area contributed by atoms with Crippen molar-refractivity contribution in [3.8, 4) is 0 Å². The van der Waals surface area contributed by atoms with Gasteiger partial charge in [-0.25, -0.2) is 0 Å². The lowest BCUT2D eigenvalue weighted by molar-refractivity contribution is -0.145. The lowest BCUT2D eigenvalue weighted by Crippen LogP contribution is -2.61. The van der Waals surface area contributed by atoms with E-state index in [0.29, 0.717) is 12.2 Å². The van der Waals surface area contributed by atoms with Gasteiger partial charge in [-0.15, -0.1) is 0 Å². The quantitative estimate of drug-likeness (QED) is 0.934. The van der Waals surface area contributed by atoms with Gasteiger partial charge in [0, 0.05) is 30.5 Å². The van der Waals surface area contributed by atoms with Crippen LogP contribution >= 0.6 is 0 Å². The number of hydrogen-bond donors (Lipinski definition) is 1. The van der Waals surface area contributed by atoms with Crippen molar-refractivity contribution in [3.63, 3.8) is 0 Å². The highest BCUT2D eigenvalue weighted by atomic mass is 16.2. The first-order valence-electron chi connectivity index (χ1n) is 9.35. The molecule has 1 aromatic carbocycles. The summed E-state index contributed by atoms with van der Waals surface area (Å²) in [6.45, 7) is 4.37. The average Bonchev–Trinajstić information content (AvgIpc) is 3.23. The highest BCUT2D eigenvalue weighted by Crippen LogP contribution is 2.39. The second-order valence-corrected chi connectivity index (χ2v) is 7.26. The molecule has 4 rings (SSSR count). The molecule has 2 saturated heterocycles. The Morgan fingerprint density at radius 3 is 2.72 bits per heavy atom. The van der Waals surface area contributed by atoms with Gasteiger partial charge in [-0.05, 0) is 44.2 Å². The van der Waals surface area contributed by atoms with Crippen molar-refractivity contribution < 1.29 is 9.59 Å². The van der Waals surface area contributed by atoms with Crippen LogP contribution in [0.5, 0.6) is 0 Å². The van der Waals surface area contributed by atoms with Crippen LogP contribution in [0.3, 0.4) is 0 Å². The monoisotopic (exact) mass is 339 g/mol. The first-order chi connectivity index (χ1) is 12.2. The SMILES string of the molecule is CCCN1CCCC2(CCCN2C(=O)c2cc3ccccc3[nH]2)C1=O. The molecule has 1 N–H and O–H groups in total. The Kier molecular flexibility index (Phi) is 4.02. The van der Waals surface area contributed by atoms with E-state index in [4.69, 9.17) is 0 Å². The van der Waals surface area contributed by atoms with E-state index in [-0.39, 0.29) is 11.8 Å². The molecule has 1 atom stereocenters. The van der Waals surface area contributed by atoms with Crippen molar-refractivity contribution in [1.82, 2.24) is 14.8 Å². The van der Waals surface area contributed by atoms with Crippen LogP contribution in [0, 0.1) is 0 Å². The molecule has 0 radical (unpaired) electrons. The maximum Gasteiger partial charge on any atom is 0.271 e. The number of nitrogens with zero attached hydrogens (tertiary/aromatic N) is 2. The third-order valence-electron chi connectivity index (χ3n) is 5.69. The van der Waals surface area contributed by atoms with Gasteiger partial charge in [-0.2, -0.15) is 0 Å². The summed E-state index contributed by atoms with van der Waals surface area (Å²) >= 11 is 0. The predicted octanol–water partition coefficient (Wildman–Crippen LogP) is 3.18. The first-order valence-corrected chi connectivity index (χ1v) is 9.35. The smallest absolute Gasteiger partial charge is 0.271 e. The number of amides is 2. The fourth-order valence-electron chi connectivity index (χ4n) is 4.54. The molecule has 0 saturated carbocycles. The topological polar surface area (TPSA) is 56.4 Å². The van der Waals surface area contributed by atoms with Crippen molar-refractivity contribution in [2.45, 2.75) is 44.6 Å². The number of nitrogens with one attached hydrogen (secondary N) is 1. The van der Waals surface area contributed by atoms with E-state index in [9.17, 15) is 9.59 Å². The number of likely N-dealkylation sites (tertiary alicyclic amines) is 2. The summed E-state index contributed by atoms with van der Waals surface area (Å²) in [6, 6.07) is 9.80. The molecule has 2 aliphatic rings. The molecule has 3 heterocycles. The van der Waals surface area contributed by atoms with Crippen LogP contribution in [0.1, 0.15) is 49.5 Å². The lowest BCUT2D eigenvalue weighted by atomic mass is 9.85. The number of fused-ring (bicyclic) bond motifs is 1. The minimum atomic E-state index is -0.623. The lowest BCUT2D eigenvalue weighted by Gasteiger charge is -2.44. The number of benzene rings is 1. The average molecular weight is 339 g/mol. The molecule has 0 bridgehead atoms. The zero-order chi connectivity index (χ0) is 17.4. The van der Waals surface area contributed by atoms with Gasteiger partial charge in [0.05, 0.1) is 0 Å². The van der Waals surface area contributed by atoms with Crippen LogP contribution in [0.4, 0.5) is 0 Å². The molecule has 5 nitrogen and oxygen atoms in total. The van der Waals surface area contributed by atoms with Crippen LogP contribution < -0.4 is 0 Å². The summed E-state index contributed by atoms with van der Waals surface area (Å²) in [5, 5.41) is 1.03. The third-order valence-corrected chi connectivity index (χ3v) is 5.69. The number of rotatable bonds is 3. The summed E-state index contributed by atoms with van der Waals surface area (Å²) < 4.78 is 0. The predicted molar refractivity (Wildman–Crippen MR) is 97.4 cm³/mol. The third kappa shape index (κ3) is 2.53. The van der Waals surface area contributed by atoms with Gasteiger partial charge in [0.1, 0.15) is 11.2 Å². The molecule has 0 aliphatic carbocycles. The molecule has 5 heteroatoms. The molecular weight excluding hydrogens is 314 g/mol. The minimum absolute atomic E-state index is 0.0413. The number of para-hydroxylation sites is 1. The number of carbonyl (C=O) groups is 2. The zero-order valence-corrected chi connectivity index (χ0v) is 14.8. The summed E-state index contributed by atoms with van der Waals surface area (Å²) in [4.78, 5) is 33.4. The van der Waals surface area contributed by atoms with E-state index < -0.39 is 5.54 Å². The van der Waals surface area contributed by atoms with E-state index in [1.165, 1.54) is 0 Å². The van der Waals surface area contributed by atoms with Crippen LogP contribution in [-0.2, 0) is 4.79 Å². The second kappa shape index (κ2) is 6.21. The standard InChI is InChI=1S/C20H25N3O2/c1-2-11-22-12-5-9-20(19(22)25)10-6-13-23(20)18(24)17-14-15-7-3-4-8-16(15)21-17/h3-4,7-8,14,21H,2,5-6,9-13H2,1H3. The van der Waals surface area contributed by atoms with Crippen molar-refractivity contribution in [2.24, 2.45) is 0 Å². The highest BCUT2D eigenvalue weighted by Gasteiger charge is 2.52. The van der Waals surface area contributed by atoms with Crippen molar-refractivity contribution in [2.75, 3.05) is 19.6 Å². The van der Waals surface area contributed by atoms with Crippen LogP contribution in [-0.4, -0.2) is 51.8 Å². The van der Waals surface area contributed by atoms with Crippen LogP contribution in [0.25, 0.3) is 10.9 Å². The van der Waals surface area contributed by atoms with E-state index >= 15 is 0 Å². The van der Waals surface area contributed by atoms with Crippen molar-refractivity contribution in [3.05, 3.63) is 36.0 Å². The Morgan fingerprint density at radius 2 is 1.96 bits per heavy atom. The Hall–Kier alpha value is -2.30. The van der Waals surface area contributed by atoms with Gasteiger partial charge < -0.3 is 14.8 Å². The summed E-state index contributed by atoms with van der Waals surface area (Å²) in [7, 11) is 0. The van der Waals surface area contributed by atoms with Gasteiger partial charge >= 0.3 is 0 Å². The van der Waals surface area contributed by atoms with Gasteiger partial charge in [-0.3, -0.25) is 9.59 Å². The number of aromatic nitrogens is 1. The maximum atomic E-state index is 13.2. The Bertz CT molecular complexity index is 777. The Labute approximate surface area is 148 Å². The molecule has 2 fully saturated rings. The summed E-state index contributed by atoms with van der Waals surface area (Å²) in [5.41, 5.74) is 0.923. The van der Waals surface area contributed by atoms with E-state index in [1.54, 1.807) is 0 Å². The van der Waals surface area contributed by atoms with Crippen molar-refractivity contribution in [1.29, 1.82) is 0 Å². The molecule has 1 aromatic heterocycles. The maximum absolute atomic E-state index is 13.2. The van der Waals surface area contributed by atoms with Gasteiger partial charge in [0.2, 0.25) is 5.91 Å². The molecule has 2 aliphatic heterocycles. The van der Waals surface area contributed by atoms with Gasteiger partial charge in [0.25, 0.3) is 5.91 Å². The van der Waals surface area contributed by atoms with Crippen LogP contribution in [0.15, 0.2) is 30.3 Å². The molecule has 2 amide bonds. The summed E-state index contributed by atoms with van der Waals surface area (Å²) in [6.07, 6.45) is 4.41. The molecule has 132 valence electrons. The fourth-order valence-corrected chi connectivity index (χ4v) is 4.54. The normalized spacial score (nSPS) is 23.8. The largest absolute Gasteiger partial charge is 0.351 e. The van der Waals surface area contributed by atoms with E-state index in [0.717, 1.165) is 56.1 Å². The van der Waals surface area contributed by atoms with E-state index in [2.05, 4.69) is 11.9 Å². The molecule has 1 spiro atoms. The van der Waals surface area contributed by atoms with Crippen LogP contribution in [0.2, 0.25) is 0 Å². The fraction of sp³-hybridized carbons (Fsp3) is 0.500. The van der Waals surface area contributed by atoms with Crippen molar-refractivity contribution >= 4 is 22.7 Å². The molecule has 2 aromatic rings. The van der Waals surface area contributed by atoms with Gasteiger partial charge in [0.15, 0.2) is 0 Å².